The molecule has 230 valence electrons. The number of fused-ring (bicyclic) bond motifs is 1. The molecule has 0 N–H and O–H groups in total. The maximum atomic E-state index is 13.0. The molecule has 1 saturated heterocycles. The smallest absolute Gasteiger partial charge is 0.314 e. The van der Waals surface area contributed by atoms with Gasteiger partial charge in [0.25, 0.3) is 0 Å². The normalized spacial score (nSPS) is 15.2. The van der Waals surface area contributed by atoms with E-state index in [0.29, 0.717) is 28.4 Å². The minimum absolute atomic E-state index is 0.00102. The summed E-state index contributed by atoms with van der Waals surface area (Å²) in [5.74, 6) is 0.406. The van der Waals surface area contributed by atoms with Crippen LogP contribution in [0.1, 0.15) is 31.7 Å². The summed E-state index contributed by atoms with van der Waals surface area (Å²) >= 11 is 0. The van der Waals surface area contributed by atoms with Crippen molar-refractivity contribution in [2.45, 2.75) is 38.5 Å². The predicted octanol–water partition coefficient (Wildman–Crippen LogP) is 4.67. The van der Waals surface area contributed by atoms with Gasteiger partial charge >= 0.3 is 5.97 Å². The molecule has 1 aliphatic heterocycles. The molecule has 1 fully saturated rings. The lowest BCUT2D eigenvalue weighted by Crippen LogP contribution is -2.64. The van der Waals surface area contributed by atoms with Crippen LogP contribution in [-0.2, 0) is 31.8 Å². The quantitative estimate of drug-likeness (QED) is 0.191. The van der Waals surface area contributed by atoms with Gasteiger partial charge in [0.15, 0.2) is 6.73 Å². The Kier molecular flexibility index (Phi) is 8.09. The Labute approximate surface area is 260 Å². The van der Waals surface area contributed by atoms with Crippen LogP contribution in [0, 0.1) is 11.3 Å². The van der Waals surface area contributed by atoms with Gasteiger partial charge in [-0.3, -0.25) is 14.0 Å². The highest BCUT2D eigenvalue weighted by Crippen LogP contribution is 2.36. The fraction of sp³-hybridized carbons (Fsp3) is 0.281. The molecule has 1 aliphatic rings. The molecule has 5 aromatic rings. The zero-order valence-electron chi connectivity index (χ0n) is 24.8. The molecule has 12 nitrogen and oxygen atoms in total. The van der Waals surface area contributed by atoms with Crippen LogP contribution in [0.4, 0.5) is 0 Å². The van der Waals surface area contributed by atoms with Crippen molar-refractivity contribution in [1.29, 1.82) is 5.26 Å². The van der Waals surface area contributed by atoms with E-state index in [-0.39, 0.29) is 32.0 Å². The van der Waals surface area contributed by atoms with Crippen LogP contribution in [0.15, 0.2) is 85.6 Å². The number of carbonyl (C=O) groups excluding carboxylic acids is 1. The van der Waals surface area contributed by atoms with Crippen molar-refractivity contribution in [3.8, 4) is 28.8 Å². The summed E-state index contributed by atoms with van der Waals surface area (Å²) in [4.78, 5) is 21.9. The van der Waals surface area contributed by atoms with Crippen LogP contribution < -0.4 is 4.74 Å². The molecule has 0 amide bonds. The third-order valence-corrected chi connectivity index (χ3v) is 9.82. The third-order valence-electron chi connectivity index (χ3n) is 8.04. The molecule has 0 bridgehead atoms. The Morgan fingerprint density at radius 3 is 2.62 bits per heavy atom. The first-order valence-electron chi connectivity index (χ1n) is 14.4. The van der Waals surface area contributed by atoms with Crippen molar-refractivity contribution in [1.82, 2.24) is 28.6 Å². The first kappa shape index (κ1) is 30.0. The zero-order chi connectivity index (χ0) is 31.6. The van der Waals surface area contributed by atoms with E-state index >= 15 is 0 Å². The average molecular weight is 626 g/mol. The number of esters is 1. The van der Waals surface area contributed by atoms with E-state index in [2.05, 4.69) is 21.1 Å². The van der Waals surface area contributed by atoms with Gasteiger partial charge in [-0.2, -0.15) is 14.7 Å². The number of aromatic nitrogens is 5. The highest BCUT2D eigenvalue weighted by molar-refractivity contribution is 7.89. The van der Waals surface area contributed by atoms with E-state index in [9.17, 15) is 18.5 Å². The number of nitriles is 1. The Bertz CT molecular complexity index is 1990. The van der Waals surface area contributed by atoms with Crippen molar-refractivity contribution in [3.05, 3.63) is 91.1 Å². The second kappa shape index (κ2) is 12.1. The SMILES string of the molecule is CCS(=O)(=O)N1CC(CC#N)(n2cc(-c3ncnc4c3ccn4COC(=O)C(C)c3cccc(Oc4ccccc4)c3)cn2)C1. The van der Waals surface area contributed by atoms with E-state index in [1.807, 2.05) is 60.7 Å². The molecule has 0 spiro atoms. The van der Waals surface area contributed by atoms with E-state index in [0.717, 1.165) is 10.9 Å². The van der Waals surface area contributed by atoms with Gasteiger partial charge in [0, 0.05) is 36.4 Å². The Balaban J connectivity index is 1.15. The molecule has 3 aromatic heterocycles. The van der Waals surface area contributed by atoms with Crippen LogP contribution in [0.5, 0.6) is 11.5 Å². The highest BCUT2D eigenvalue weighted by Gasteiger charge is 2.49. The van der Waals surface area contributed by atoms with Crippen LogP contribution >= 0.6 is 0 Å². The van der Waals surface area contributed by atoms with E-state index in [1.54, 1.807) is 41.7 Å². The molecule has 4 heterocycles. The van der Waals surface area contributed by atoms with Crippen LogP contribution in [0.3, 0.4) is 0 Å². The molecule has 2 aromatic carbocycles. The summed E-state index contributed by atoms with van der Waals surface area (Å²) in [6, 6.07) is 20.8. The number of hydrogen-bond donors (Lipinski definition) is 0. The fourth-order valence-electron chi connectivity index (χ4n) is 5.38. The van der Waals surface area contributed by atoms with E-state index in [1.165, 1.54) is 10.6 Å². The molecular weight excluding hydrogens is 594 g/mol. The van der Waals surface area contributed by atoms with E-state index in [4.69, 9.17) is 9.47 Å². The predicted molar refractivity (Wildman–Crippen MR) is 165 cm³/mol. The zero-order valence-corrected chi connectivity index (χ0v) is 25.6. The molecule has 0 aliphatic carbocycles. The molecule has 0 saturated carbocycles. The lowest BCUT2D eigenvalue weighted by atomic mass is 9.89. The minimum Gasteiger partial charge on any atom is -0.457 e. The van der Waals surface area contributed by atoms with Gasteiger partial charge in [-0.1, -0.05) is 30.3 Å². The van der Waals surface area contributed by atoms with Gasteiger partial charge in [0.05, 0.1) is 36.1 Å². The monoisotopic (exact) mass is 625 g/mol. The molecule has 6 rings (SSSR count). The van der Waals surface area contributed by atoms with Gasteiger partial charge in [-0.25, -0.2) is 18.4 Å². The molecule has 45 heavy (non-hydrogen) atoms. The van der Waals surface area contributed by atoms with Crippen LogP contribution in [-0.4, -0.2) is 61.9 Å². The maximum Gasteiger partial charge on any atom is 0.314 e. The van der Waals surface area contributed by atoms with Crippen molar-refractivity contribution in [2.24, 2.45) is 0 Å². The standard InChI is InChI=1S/C32H31N7O5S/c1-3-45(41,42)38-19-32(20-38,13-14-33)39-18-25(17-36-39)29-28-12-15-37(30(28)35-21-34-29)22-43-31(40)23(2)24-8-7-11-27(16-24)44-26-9-5-4-6-10-26/h4-12,15-18,21,23H,3,13,19-20,22H2,1-2H3. The second-order valence-electron chi connectivity index (χ2n) is 10.9. The summed E-state index contributed by atoms with van der Waals surface area (Å²) in [5, 5.41) is 14.7. The van der Waals surface area contributed by atoms with Gasteiger partial charge in [0.1, 0.15) is 29.0 Å². The largest absolute Gasteiger partial charge is 0.457 e. The Morgan fingerprint density at radius 2 is 1.87 bits per heavy atom. The summed E-state index contributed by atoms with van der Waals surface area (Å²) in [6.45, 7) is 3.70. The molecule has 0 radical (unpaired) electrons. The number of benzene rings is 2. The molecular formula is C32H31N7O5S. The first-order valence-corrected chi connectivity index (χ1v) is 16.0. The number of para-hydroxylation sites is 1. The number of rotatable bonds is 11. The van der Waals surface area contributed by atoms with Gasteiger partial charge in [0.2, 0.25) is 10.0 Å². The minimum atomic E-state index is -3.36. The summed E-state index contributed by atoms with van der Waals surface area (Å²) in [6.07, 6.45) is 6.75. The topological polar surface area (TPSA) is 145 Å². The van der Waals surface area contributed by atoms with Crippen LogP contribution in [0.2, 0.25) is 0 Å². The van der Waals surface area contributed by atoms with Crippen LogP contribution in [0.25, 0.3) is 22.3 Å². The number of ether oxygens (including phenoxy) is 2. The summed E-state index contributed by atoms with van der Waals surface area (Å²) in [5.41, 5.74) is 1.90. The van der Waals surface area contributed by atoms with Crippen molar-refractivity contribution in [2.75, 3.05) is 18.8 Å². The highest BCUT2D eigenvalue weighted by atomic mass is 32.2. The number of carbonyl (C=O) groups is 1. The first-order chi connectivity index (χ1) is 21.7. The number of sulfonamides is 1. The number of nitrogens with zero attached hydrogens (tertiary/aromatic N) is 7. The third kappa shape index (κ3) is 5.90. The summed E-state index contributed by atoms with van der Waals surface area (Å²) in [7, 11) is -3.36. The van der Waals surface area contributed by atoms with Gasteiger partial charge < -0.3 is 9.47 Å². The Morgan fingerprint density at radius 1 is 1.09 bits per heavy atom. The second-order valence-corrected chi connectivity index (χ2v) is 13.2. The van der Waals surface area contributed by atoms with Gasteiger partial charge in [-0.15, -0.1) is 0 Å². The average Bonchev–Trinajstić information content (AvgIpc) is 3.69. The van der Waals surface area contributed by atoms with Crippen molar-refractivity contribution in [3.63, 3.8) is 0 Å². The summed E-state index contributed by atoms with van der Waals surface area (Å²) < 4.78 is 41.0. The van der Waals surface area contributed by atoms with Gasteiger partial charge in [-0.05, 0) is 49.7 Å². The van der Waals surface area contributed by atoms with Crippen molar-refractivity contribution >= 4 is 27.0 Å². The number of hydrogen-bond acceptors (Lipinski definition) is 9. The molecule has 13 heteroatoms. The lowest BCUT2D eigenvalue weighted by molar-refractivity contribution is -0.148. The maximum absolute atomic E-state index is 13.0. The molecule has 1 atom stereocenters. The fourth-order valence-corrected chi connectivity index (χ4v) is 6.62. The molecule has 1 unspecified atom stereocenters. The van der Waals surface area contributed by atoms with E-state index < -0.39 is 27.4 Å². The Hall–Kier alpha value is -5.06. The van der Waals surface area contributed by atoms with Crippen molar-refractivity contribution < 1.29 is 22.7 Å². The lowest BCUT2D eigenvalue weighted by Gasteiger charge is -2.47.